The summed E-state index contributed by atoms with van der Waals surface area (Å²) in [6.07, 6.45) is 3.24. The lowest BCUT2D eigenvalue weighted by Gasteiger charge is -2.11. The van der Waals surface area contributed by atoms with Crippen LogP contribution in [0.15, 0.2) is 41.1 Å². The monoisotopic (exact) mass is 393 g/mol. The highest BCUT2D eigenvalue weighted by Crippen LogP contribution is 2.33. The third-order valence-corrected chi connectivity index (χ3v) is 5.57. The van der Waals surface area contributed by atoms with Crippen molar-refractivity contribution in [2.24, 2.45) is 0 Å². The molecule has 4 aromatic rings. The van der Waals surface area contributed by atoms with E-state index in [0.717, 1.165) is 27.3 Å². The predicted octanol–water partition coefficient (Wildman–Crippen LogP) is 4.28. The number of aryl methyl sites for hydroxylation is 2. The molecule has 0 saturated heterocycles. The fourth-order valence-electron chi connectivity index (χ4n) is 2.98. The molecular weight excluding hydrogens is 374 g/mol. The van der Waals surface area contributed by atoms with Gasteiger partial charge < -0.3 is 14.6 Å². The van der Waals surface area contributed by atoms with Crippen LogP contribution in [0.3, 0.4) is 0 Å². The number of rotatable bonds is 4. The van der Waals surface area contributed by atoms with Gasteiger partial charge in [-0.25, -0.2) is 15.0 Å². The maximum Gasteiger partial charge on any atom is 0.266 e. The van der Waals surface area contributed by atoms with E-state index in [4.69, 9.17) is 4.42 Å². The van der Waals surface area contributed by atoms with Gasteiger partial charge in [-0.3, -0.25) is 4.79 Å². The third-order valence-electron chi connectivity index (χ3n) is 4.38. The summed E-state index contributed by atoms with van der Waals surface area (Å²) in [5, 5.41) is 3.82. The molecule has 0 aliphatic rings. The van der Waals surface area contributed by atoms with Gasteiger partial charge in [0.1, 0.15) is 10.6 Å². The number of nitrogens with zero attached hydrogens (tertiary/aromatic N) is 4. The van der Waals surface area contributed by atoms with Gasteiger partial charge in [0, 0.05) is 19.5 Å². The maximum absolute atomic E-state index is 12.8. The van der Waals surface area contributed by atoms with Crippen molar-refractivity contribution in [3.05, 3.63) is 52.9 Å². The summed E-state index contributed by atoms with van der Waals surface area (Å²) in [6, 6.07) is 7.31. The first-order valence-electron chi connectivity index (χ1n) is 8.70. The van der Waals surface area contributed by atoms with Crippen LogP contribution < -0.4 is 10.2 Å². The summed E-state index contributed by atoms with van der Waals surface area (Å²) < 4.78 is 5.40. The van der Waals surface area contributed by atoms with Crippen molar-refractivity contribution < 1.29 is 9.21 Å². The minimum absolute atomic E-state index is 0.182. The van der Waals surface area contributed by atoms with Gasteiger partial charge in [0.2, 0.25) is 0 Å². The Bertz CT molecular complexity index is 1150. The second-order valence-electron chi connectivity index (χ2n) is 6.60. The summed E-state index contributed by atoms with van der Waals surface area (Å²) in [5.41, 5.74) is 2.34. The summed E-state index contributed by atoms with van der Waals surface area (Å²) in [6.45, 7) is 3.84. The minimum atomic E-state index is -0.182. The number of thiophene rings is 1. The molecule has 1 N–H and O–H groups in total. The zero-order chi connectivity index (χ0) is 19.8. The Labute approximate surface area is 166 Å². The molecule has 28 heavy (non-hydrogen) atoms. The summed E-state index contributed by atoms with van der Waals surface area (Å²) in [7, 11) is 3.84. The molecule has 0 spiro atoms. The normalized spacial score (nSPS) is 11.0. The molecule has 4 heterocycles. The fourth-order valence-corrected chi connectivity index (χ4v) is 4.11. The first kappa shape index (κ1) is 18.1. The zero-order valence-corrected chi connectivity index (χ0v) is 16.8. The maximum atomic E-state index is 12.8. The fraction of sp³-hybridized carbons (Fsp3) is 0.200. The highest BCUT2D eigenvalue weighted by molar-refractivity contribution is 7.20. The molecule has 0 aromatic carbocycles. The number of amides is 1. The van der Waals surface area contributed by atoms with Gasteiger partial charge in [-0.15, -0.1) is 11.3 Å². The van der Waals surface area contributed by atoms with Crippen molar-refractivity contribution in [2.45, 2.75) is 13.8 Å². The van der Waals surface area contributed by atoms with Gasteiger partial charge in [0.05, 0.1) is 28.7 Å². The highest BCUT2D eigenvalue weighted by Gasteiger charge is 2.20. The molecular formula is C20H19N5O2S. The highest BCUT2D eigenvalue weighted by atomic mass is 32.1. The van der Waals surface area contributed by atoms with E-state index in [-0.39, 0.29) is 5.91 Å². The minimum Gasteiger partial charge on any atom is -0.461 e. The van der Waals surface area contributed by atoms with Crippen molar-refractivity contribution in [3.63, 3.8) is 0 Å². The van der Waals surface area contributed by atoms with Crippen LogP contribution in [0.2, 0.25) is 0 Å². The van der Waals surface area contributed by atoms with Crippen molar-refractivity contribution in [2.75, 3.05) is 24.3 Å². The topological polar surface area (TPSA) is 84.1 Å². The number of fused-ring (bicyclic) bond motifs is 1. The molecule has 0 saturated carbocycles. The predicted molar refractivity (Wildman–Crippen MR) is 111 cm³/mol. The molecule has 0 radical (unpaired) electrons. The van der Waals surface area contributed by atoms with E-state index >= 15 is 0 Å². The lowest BCUT2D eigenvalue weighted by atomic mass is 10.1. The molecule has 142 valence electrons. The molecule has 4 aromatic heterocycles. The Balaban J connectivity index is 1.67. The van der Waals surface area contributed by atoms with Crippen LogP contribution in [0.1, 0.15) is 20.9 Å². The molecule has 7 nitrogen and oxygen atoms in total. The first-order chi connectivity index (χ1) is 13.4. The Morgan fingerprint density at radius 2 is 2.00 bits per heavy atom. The van der Waals surface area contributed by atoms with E-state index in [0.29, 0.717) is 22.1 Å². The Morgan fingerprint density at radius 1 is 1.18 bits per heavy atom. The Kier molecular flexibility index (Phi) is 4.56. The second-order valence-corrected chi connectivity index (χ2v) is 7.60. The van der Waals surface area contributed by atoms with E-state index < -0.39 is 0 Å². The van der Waals surface area contributed by atoms with Crippen molar-refractivity contribution in [1.82, 2.24) is 15.0 Å². The number of hydrogen-bond acceptors (Lipinski definition) is 7. The molecule has 4 rings (SSSR count). The molecule has 0 atom stereocenters. The Morgan fingerprint density at radius 3 is 2.64 bits per heavy atom. The summed E-state index contributed by atoms with van der Waals surface area (Å²) in [4.78, 5) is 29.6. The Hall–Kier alpha value is -3.26. The second kappa shape index (κ2) is 7.05. The summed E-state index contributed by atoms with van der Waals surface area (Å²) in [5.74, 6) is 1.77. The molecule has 0 fully saturated rings. The standard InChI is InChI=1S/C20H19N5O2S/c1-11-16-12(2)22-18(14-6-5-9-27-14)24-20(16)28-17(11)19(26)23-13-7-8-15(21-10-13)25(3)4/h5-10H,1-4H3,(H,23,26). The van der Waals surface area contributed by atoms with Gasteiger partial charge in [0.15, 0.2) is 11.6 Å². The number of anilines is 2. The van der Waals surface area contributed by atoms with E-state index in [1.165, 1.54) is 11.3 Å². The number of carbonyl (C=O) groups excluding carboxylic acids is 1. The molecule has 0 aliphatic heterocycles. The molecule has 0 aliphatic carbocycles. The van der Waals surface area contributed by atoms with Gasteiger partial charge in [-0.1, -0.05) is 0 Å². The largest absolute Gasteiger partial charge is 0.461 e. The molecule has 8 heteroatoms. The van der Waals surface area contributed by atoms with Crippen molar-refractivity contribution in [3.8, 4) is 11.6 Å². The number of nitrogens with one attached hydrogen (secondary N) is 1. The SMILES string of the molecule is Cc1nc(-c2ccco2)nc2sc(C(=O)Nc3ccc(N(C)C)nc3)c(C)c12. The lowest BCUT2D eigenvalue weighted by Crippen LogP contribution is -2.13. The number of pyridine rings is 1. The van der Waals surface area contributed by atoms with Crippen LogP contribution in [-0.2, 0) is 0 Å². The number of furan rings is 1. The average molecular weight is 393 g/mol. The van der Waals surface area contributed by atoms with Crippen LogP contribution in [0.25, 0.3) is 21.8 Å². The van der Waals surface area contributed by atoms with Crippen LogP contribution >= 0.6 is 11.3 Å². The van der Waals surface area contributed by atoms with E-state index in [2.05, 4.69) is 20.3 Å². The van der Waals surface area contributed by atoms with Crippen LogP contribution in [0.5, 0.6) is 0 Å². The van der Waals surface area contributed by atoms with Gasteiger partial charge in [-0.05, 0) is 43.7 Å². The molecule has 0 unspecified atom stereocenters. The summed E-state index contributed by atoms with van der Waals surface area (Å²) >= 11 is 1.35. The smallest absolute Gasteiger partial charge is 0.266 e. The van der Waals surface area contributed by atoms with Crippen molar-refractivity contribution in [1.29, 1.82) is 0 Å². The van der Waals surface area contributed by atoms with Gasteiger partial charge in [-0.2, -0.15) is 0 Å². The average Bonchev–Trinajstić information content (AvgIpc) is 3.30. The molecule has 0 bridgehead atoms. The van der Waals surface area contributed by atoms with Crippen LogP contribution in [0.4, 0.5) is 11.5 Å². The van der Waals surface area contributed by atoms with Crippen LogP contribution in [0, 0.1) is 13.8 Å². The van der Waals surface area contributed by atoms with Gasteiger partial charge in [0.25, 0.3) is 5.91 Å². The molecule has 1 amide bonds. The number of hydrogen-bond donors (Lipinski definition) is 1. The first-order valence-corrected chi connectivity index (χ1v) is 9.52. The van der Waals surface area contributed by atoms with Gasteiger partial charge >= 0.3 is 0 Å². The van der Waals surface area contributed by atoms with Crippen molar-refractivity contribution >= 4 is 39.0 Å². The van der Waals surface area contributed by atoms with E-state index in [9.17, 15) is 4.79 Å². The third kappa shape index (κ3) is 3.22. The van der Waals surface area contributed by atoms with Crippen LogP contribution in [-0.4, -0.2) is 35.0 Å². The number of carbonyl (C=O) groups is 1. The quantitative estimate of drug-likeness (QED) is 0.557. The zero-order valence-electron chi connectivity index (χ0n) is 16.0. The number of aromatic nitrogens is 3. The van der Waals surface area contributed by atoms with E-state index in [1.54, 1.807) is 18.5 Å². The van der Waals surface area contributed by atoms with E-state index in [1.807, 2.05) is 51.0 Å². The lowest BCUT2D eigenvalue weighted by molar-refractivity contribution is 0.103.